The number of piperazine rings is 1. The van der Waals surface area contributed by atoms with Crippen molar-refractivity contribution in [1.29, 1.82) is 0 Å². The van der Waals surface area contributed by atoms with Crippen molar-refractivity contribution in [3.8, 4) is 0 Å². The zero-order valence-electron chi connectivity index (χ0n) is 11.5. The Morgan fingerprint density at radius 1 is 1.00 bits per heavy atom. The minimum atomic E-state index is -0.189. The van der Waals surface area contributed by atoms with Gasteiger partial charge in [0.25, 0.3) is 0 Å². The van der Waals surface area contributed by atoms with E-state index in [0.29, 0.717) is 35.4 Å². The molecule has 4 nitrogen and oxygen atoms in total. The van der Waals surface area contributed by atoms with Crippen molar-refractivity contribution in [2.24, 2.45) is 0 Å². The number of halogens is 2. The monoisotopic (exact) mass is 306 g/mol. The van der Waals surface area contributed by atoms with Crippen LogP contribution in [-0.4, -0.2) is 31.2 Å². The van der Waals surface area contributed by atoms with E-state index in [1.54, 1.807) is 24.3 Å². The summed E-state index contributed by atoms with van der Waals surface area (Å²) in [6.45, 7) is 2.89. The van der Waals surface area contributed by atoms with Crippen LogP contribution in [-0.2, 0) is 0 Å². The third-order valence-corrected chi connectivity index (χ3v) is 3.85. The summed E-state index contributed by atoms with van der Waals surface area (Å²) in [7, 11) is 0. The number of para-hydroxylation sites is 1. The smallest absolute Gasteiger partial charge is 0.153 e. The molecule has 2 aromatic rings. The lowest BCUT2D eigenvalue weighted by Gasteiger charge is -2.37. The second-order valence-electron chi connectivity index (χ2n) is 4.97. The maximum Gasteiger partial charge on any atom is 0.153 e. The van der Waals surface area contributed by atoms with Gasteiger partial charge in [0, 0.05) is 26.2 Å². The zero-order valence-corrected chi connectivity index (χ0v) is 12.2. The van der Waals surface area contributed by atoms with Crippen molar-refractivity contribution >= 4 is 28.8 Å². The molecule has 21 heavy (non-hydrogen) atoms. The van der Waals surface area contributed by atoms with Crippen molar-refractivity contribution in [2.45, 2.75) is 0 Å². The first-order valence-electron chi connectivity index (χ1n) is 6.81. The fourth-order valence-corrected chi connectivity index (χ4v) is 2.70. The van der Waals surface area contributed by atoms with Crippen molar-refractivity contribution in [3.63, 3.8) is 0 Å². The van der Waals surface area contributed by atoms with Gasteiger partial charge in [0.05, 0.1) is 11.4 Å². The second-order valence-corrected chi connectivity index (χ2v) is 5.36. The summed E-state index contributed by atoms with van der Waals surface area (Å²) < 4.78 is 13.8. The van der Waals surface area contributed by atoms with Gasteiger partial charge in [-0.2, -0.15) is 0 Å². The Kier molecular flexibility index (Phi) is 3.84. The Morgan fingerprint density at radius 3 is 2.38 bits per heavy atom. The standard InChI is InChI=1S/C15H16ClFN4/c16-14-6-5-12(18)15(19-14)21-9-7-20(8-10-21)13-4-2-1-3-11(13)17/h1-6H,7-10,18H2. The number of aromatic nitrogens is 1. The molecule has 0 aliphatic carbocycles. The predicted octanol–water partition coefficient (Wildman–Crippen LogP) is 2.78. The highest BCUT2D eigenvalue weighted by atomic mass is 35.5. The zero-order chi connectivity index (χ0) is 14.8. The first-order chi connectivity index (χ1) is 10.1. The molecule has 0 amide bonds. The van der Waals surface area contributed by atoms with Crippen molar-refractivity contribution in [3.05, 3.63) is 47.4 Å². The van der Waals surface area contributed by atoms with E-state index in [4.69, 9.17) is 17.3 Å². The minimum Gasteiger partial charge on any atom is -0.396 e. The first-order valence-corrected chi connectivity index (χ1v) is 7.19. The molecule has 0 saturated carbocycles. The number of benzene rings is 1. The van der Waals surface area contributed by atoms with E-state index in [-0.39, 0.29) is 5.82 Å². The molecule has 1 aliphatic heterocycles. The summed E-state index contributed by atoms with van der Waals surface area (Å²) in [5, 5.41) is 0.427. The van der Waals surface area contributed by atoms with Crippen LogP contribution < -0.4 is 15.5 Å². The molecule has 6 heteroatoms. The highest BCUT2D eigenvalue weighted by Gasteiger charge is 2.21. The van der Waals surface area contributed by atoms with E-state index < -0.39 is 0 Å². The highest BCUT2D eigenvalue weighted by Crippen LogP contribution is 2.26. The Morgan fingerprint density at radius 2 is 1.67 bits per heavy atom. The Balaban J connectivity index is 1.73. The molecular weight excluding hydrogens is 291 g/mol. The summed E-state index contributed by atoms with van der Waals surface area (Å²) in [6.07, 6.45) is 0. The third-order valence-electron chi connectivity index (χ3n) is 3.64. The van der Waals surface area contributed by atoms with E-state index >= 15 is 0 Å². The molecule has 1 aromatic carbocycles. The minimum absolute atomic E-state index is 0.189. The average molecular weight is 307 g/mol. The molecule has 2 N–H and O–H groups in total. The van der Waals surface area contributed by atoms with Gasteiger partial charge in [0.1, 0.15) is 11.0 Å². The molecule has 0 radical (unpaired) electrons. The summed E-state index contributed by atoms with van der Waals surface area (Å²) >= 11 is 5.93. The molecule has 3 rings (SSSR count). The third kappa shape index (κ3) is 2.88. The number of pyridine rings is 1. The van der Waals surface area contributed by atoms with Gasteiger partial charge in [-0.1, -0.05) is 23.7 Å². The van der Waals surface area contributed by atoms with Crippen LogP contribution in [0.15, 0.2) is 36.4 Å². The van der Waals surface area contributed by atoms with Gasteiger partial charge in [0.15, 0.2) is 5.82 Å². The van der Waals surface area contributed by atoms with Crippen molar-refractivity contribution in [2.75, 3.05) is 41.7 Å². The Labute approximate surface area is 127 Å². The largest absolute Gasteiger partial charge is 0.396 e. The van der Waals surface area contributed by atoms with E-state index in [2.05, 4.69) is 9.88 Å². The van der Waals surface area contributed by atoms with E-state index in [0.717, 1.165) is 13.1 Å². The van der Waals surface area contributed by atoms with E-state index in [1.807, 2.05) is 11.0 Å². The number of nitrogens with two attached hydrogens (primary N) is 1. The molecule has 0 bridgehead atoms. The number of hydrogen-bond donors (Lipinski definition) is 1. The SMILES string of the molecule is Nc1ccc(Cl)nc1N1CCN(c2ccccc2F)CC1. The summed E-state index contributed by atoms with van der Waals surface area (Å²) in [5.41, 5.74) is 7.21. The molecule has 1 fully saturated rings. The highest BCUT2D eigenvalue weighted by molar-refractivity contribution is 6.29. The summed E-state index contributed by atoms with van der Waals surface area (Å²) in [6, 6.07) is 10.3. The number of nitrogens with zero attached hydrogens (tertiary/aromatic N) is 3. The van der Waals surface area contributed by atoms with Crippen LogP contribution in [0.1, 0.15) is 0 Å². The molecule has 2 heterocycles. The molecular formula is C15H16ClFN4. The van der Waals surface area contributed by atoms with Gasteiger partial charge in [0.2, 0.25) is 0 Å². The van der Waals surface area contributed by atoms with Crippen LogP contribution >= 0.6 is 11.6 Å². The predicted molar refractivity (Wildman–Crippen MR) is 84.5 cm³/mol. The summed E-state index contributed by atoms with van der Waals surface area (Å²) in [4.78, 5) is 8.40. The number of anilines is 3. The van der Waals surface area contributed by atoms with Gasteiger partial charge in [-0.05, 0) is 24.3 Å². The van der Waals surface area contributed by atoms with Crippen LogP contribution in [0.5, 0.6) is 0 Å². The van der Waals surface area contributed by atoms with E-state index in [1.165, 1.54) is 6.07 Å². The first kappa shape index (κ1) is 13.9. The van der Waals surface area contributed by atoms with Crippen LogP contribution in [0.3, 0.4) is 0 Å². The summed E-state index contributed by atoms with van der Waals surface area (Å²) in [5.74, 6) is 0.516. The molecule has 0 atom stereocenters. The van der Waals surface area contributed by atoms with Gasteiger partial charge >= 0.3 is 0 Å². The lowest BCUT2D eigenvalue weighted by molar-refractivity contribution is 0.596. The fraction of sp³-hybridized carbons (Fsp3) is 0.267. The molecule has 1 aromatic heterocycles. The van der Waals surface area contributed by atoms with Crippen LogP contribution in [0.25, 0.3) is 0 Å². The Bertz CT molecular complexity index is 641. The lowest BCUT2D eigenvalue weighted by Crippen LogP contribution is -2.47. The average Bonchev–Trinajstić information content (AvgIpc) is 2.50. The second kappa shape index (κ2) is 5.77. The number of nitrogen functional groups attached to an aromatic ring is 1. The topological polar surface area (TPSA) is 45.4 Å². The van der Waals surface area contributed by atoms with Crippen LogP contribution in [0, 0.1) is 5.82 Å². The number of rotatable bonds is 2. The molecule has 0 unspecified atom stereocenters. The maximum atomic E-state index is 13.8. The molecule has 1 aliphatic rings. The molecule has 0 spiro atoms. The lowest BCUT2D eigenvalue weighted by atomic mass is 10.2. The van der Waals surface area contributed by atoms with Crippen LogP contribution in [0.2, 0.25) is 5.15 Å². The van der Waals surface area contributed by atoms with E-state index in [9.17, 15) is 4.39 Å². The molecule has 110 valence electrons. The number of hydrogen-bond acceptors (Lipinski definition) is 4. The van der Waals surface area contributed by atoms with Crippen molar-refractivity contribution < 1.29 is 4.39 Å². The van der Waals surface area contributed by atoms with Gasteiger partial charge in [-0.15, -0.1) is 0 Å². The maximum absolute atomic E-state index is 13.8. The van der Waals surface area contributed by atoms with Gasteiger partial charge in [-0.25, -0.2) is 9.37 Å². The molecule has 1 saturated heterocycles. The van der Waals surface area contributed by atoms with Crippen LogP contribution in [0.4, 0.5) is 21.6 Å². The fourth-order valence-electron chi connectivity index (χ4n) is 2.56. The quantitative estimate of drug-likeness (QED) is 0.867. The van der Waals surface area contributed by atoms with Gasteiger partial charge in [-0.3, -0.25) is 0 Å². The van der Waals surface area contributed by atoms with Gasteiger partial charge < -0.3 is 15.5 Å². The normalized spacial score (nSPS) is 15.3. The van der Waals surface area contributed by atoms with Crippen molar-refractivity contribution in [1.82, 2.24) is 4.98 Å². The Hall–Kier alpha value is -2.01.